The SMILES string of the molecule is CC(C#Cc1ccccc1)c1ccc(Br)cc1. The Balaban J connectivity index is 2.15. The van der Waals surface area contributed by atoms with E-state index in [-0.39, 0.29) is 5.92 Å². The molecule has 0 nitrogen and oxygen atoms in total. The van der Waals surface area contributed by atoms with E-state index in [1.54, 1.807) is 0 Å². The summed E-state index contributed by atoms with van der Waals surface area (Å²) in [6.45, 7) is 2.12. The van der Waals surface area contributed by atoms with Gasteiger partial charge in [-0.1, -0.05) is 58.1 Å². The zero-order chi connectivity index (χ0) is 12.1. The van der Waals surface area contributed by atoms with Crippen molar-refractivity contribution in [3.63, 3.8) is 0 Å². The molecule has 0 aliphatic rings. The quantitative estimate of drug-likeness (QED) is 0.671. The van der Waals surface area contributed by atoms with E-state index < -0.39 is 0 Å². The van der Waals surface area contributed by atoms with Crippen molar-refractivity contribution in [3.8, 4) is 11.8 Å². The van der Waals surface area contributed by atoms with Crippen molar-refractivity contribution < 1.29 is 0 Å². The van der Waals surface area contributed by atoms with Crippen molar-refractivity contribution in [1.82, 2.24) is 0 Å². The van der Waals surface area contributed by atoms with Crippen molar-refractivity contribution in [2.75, 3.05) is 0 Å². The maximum Gasteiger partial charge on any atom is 0.0427 e. The van der Waals surface area contributed by atoms with Gasteiger partial charge in [-0.3, -0.25) is 0 Å². The monoisotopic (exact) mass is 284 g/mol. The lowest BCUT2D eigenvalue weighted by Gasteiger charge is -2.03. The number of halogens is 1. The Morgan fingerprint density at radius 3 is 2.24 bits per heavy atom. The molecular weight excluding hydrogens is 272 g/mol. The van der Waals surface area contributed by atoms with E-state index in [9.17, 15) is 0 Å². The number of hydrogen-bond donors (Lipinski definition) is 0. The fourth-order valence-corrected chi connectivity index (χ4v) is 1.81. The Morgan fingerprint density at radius 2 is 1.59 bits per heavy atom. The second kappa shape index (κ2) is 5.70. The molecule has 17 heavy (non-hydrogen) atoms. The summed E-state index contributed by atoms with van der Waals surface area (Å²) in [5.41, 5.74) is 2.31. The minimum Gasteiger partial charge on any atom is -0.0900 e. The Kier molecular flexibility index (Phi) is 4.01. The summed E-state index contributed by atoms with van der Waals surface area (Å²) in [6, 6.07) is 18.4. The lowest BCUT2D eigenvalue weighted by Crippen LogP contribution is -1.88. The maximum atomic E-state index is 3.43. The number of hydrogen-bond acceptors (Lipinski definition) is 0. The fourth-order valence-electron chi connectivity index (χ4n) is 1.55. The van der Waals surface area contributed by atoms with Gasteiger partial charge in [0.2, 0.25) is 0 Å². The van der Waals surface area contributed by atoms with E-state index >= 15 is 0 Å². The van der Waals surface area contributed by atoms with Gasteiger partial charge < -0.3 is 0 Å². The minimum absolute atomic E-state index is 0.253. The third-order valence-corrected chi connectivity index (χ3v) is 3.11. The standard InChI is InChI=1S/C16H13Br/c1-13(15-9-11-16(17)12-10-15)7-8-14-5-3-2-4-6-14/h2-6,9-13H,1H3. The van der Waals surface area contributed by atoms with Gasteiger partial charge in [0.15, 0.2) is 0 Å². The van der Waals surface area contributed by atoms with Crippen molar-refractivity contribution in [3.05, 3.63) is 70.2 Å². The van der Waals surface area contributed by atoms with Crippen LogP contribution in [0, 0.1) is 11.8 Å². The first-order valence-corrected chi connectivity index (χ1v) is 6.37. The average molecular weight is 285 g/mol. The highest BCUT2D eigenvalue weighted by atomic mass is 79.9. The summed E-state index contributed by atoms with van der Waals surface area (Å²) in [4.78, 5) is 0. The zero-order valence-corrected chi connectivity index (χ0v) is 11.2. The molecule has 0 fully saturated rings. The predicted octanol–water partition coefficient (Wildman–Crippen LogP) is 4.60. The van der Waals surface area contributed by atoms with Crippen LogP contribution in [0.1, 0.15) is 24.0 Å². The Labute approximate surface area is 111 Å². The third-order valence-electron chi connectivity index (χ3n) is 2.58. The summed E-state index contributed by atoms with van der Waals surface area (Å²) in [5.74, 6) is 6.72. The van der Waals surface area contributed by atoms with Crippen LogP contribution in [0.25, 0.3) is 0 Å². The Hall–Kier alpha value is -1.52. The highest BCUT2D eigenvalue weighted by Crippen LogP contribution is 2.17. The van der Waals surface area contributed by atoms with Crippen LogP contribution in [0.2, 0.25) is 0 Å². The van der Waals surface area contributed by atoms with Gasteiger partial charge in [-0.15, -0.1) is 0 Å². The topological polar surface area (TPSA) is 0 Å². The molecule has 0 bridgehead atoms. The Bertz CT molecular complexity index is 529. The van der Waals surface area contributed by atoms with Crippen LogP contribution in [0.4, 0.5) is 0 Å². The molecule has 0 amide bonds. The molecule has 2 aromatic carbocycles. The number of rotatable bonds is 1. The first kappa shape index (κ1) is 12.0. The van der Waals surface area contributed by atoms with E-state index in [0.29, 0.717) is 0 Å². The van der Waals surface area contributed by atoms with Gasteiger partial charge in [-0.05, 0) is 36.8 Å². The summed E-state index contributed by atoms with van der Waals surface area (Å²) < 4.78 is 1.10. The third kappa shape index (κ3) is 3.47. The van der Waals surface area contributed by atoms with E-state index in [1.165, 1.54) is 5.56 Å². The predicted molar refractivity (Wildman–Crippen MR) is 75.9 cm³/mol. The van der Waals surface area contributed by atoms with Gasteiger partial charge in [-0.25, -0.2) is 0 Å². The fraction of sp³-hybridized carbons (Fsp3) is 0.125. The van der Waals surface area contributed by atoms with Gasteiger partial charge in [0.1, 0.15) is 0 Å². The lowest BCUT2D eigenvalue weighted by molar-refractivity contribution is 1.00. The molecule has 1 atom stereocenters. The molecule has 0 spiro atoms. The van der Waals surface area contributed by atoms with Crippen molar-refractivity contribution in [2.45, 2.75) is 12.8 Å². The highest BCUT2D eigenvalue weighted by Gasteiger charge is 2.00. The second-order valence-electron chi connectivity index (χ2n) is 3.91. The van der Waals surface area contributed by atoms with Crippen LogP contribution < -0.4 is 0 Å². The van der Waals surface area contributed by atoms with Gasteiger partial charge in [0.25, 0.3) is 0 Å². The highest BCUT2D eigenvalue weighted by molar-refractivity contribution is 9.10. The van der Waals surface area contributed by atoms with Gasteiger partial charge in [0, 0.05) is 16.0 Å². The van der Waals surface area contributed by atoms with Crippen molar-refractivity contribution in [1.29, 1.82) is 0 Å². The van der Waals surface area contributed by atoms with E-state index in [2.05, 4.69) is 59.0 Å². The summed E-state index contributed by atoms with van der Waals surface area (Å²) in [5, 5.41) is 0. The van der Waals surface area contributed by atoms with Crippen molar-refractivity contribution in [2.24, 2.45) is 0 Å². The molecular formula is C16H13Br. The Morgan fingerprint density at radius 1 is 0.941 bits per heavy atom. The number of benzene rings is 2. The van der Waals surface area contributed by atoms with Gasteiger partial charge in [-0.2, -0.15) is 0 Å². The summed E-state index contributed by atoms with van der Waals surface area (Å²) in [6.07, 6.45) is 0. The van der Waals surface area contributed by atoms with E-state index in [4.69, 9.17) is 0 Å². The van der Waals surface area contributed by atoms with Crippen LogP contribution in [0.15, 0.2) is 59.1 Å². The first-order valence-electron chi connectivity index (χ1n) is 5.58. The summed E-state index contributed by atoms with van der Waals surface area (Å²) in [7, 11) is 0. The molecule has 84 valence electrons. The minimum atomic E-state index is 0.253. The van der Waals surface area contributed by atoms with Crippen LogP contribution in [-0.2, 0) is 0 Å². The molecule has 0 aromatic heterocycles. The van der Waals surface area contributed by atoms with Crippen LogP contribution in [0.3, 0.4) is 0 Å². The van der Waals surface area contributed by atoms with Gasteiger partial charge in [0.05, 0.1) is 0 Å². The molecule has 1 unspecified atom stereocenters. The molecule has 0 saturated carbocycles. The smallest absolute Gasteiger partial charge is 0.0427 e. The lowest BCUT2D eigenvalue weighted by atomic mass is 10.0. The summed E-state index contributed by atoms with van der Waals surface area (Å²) >= 11 is 3.43. The van der Waals surface area contributed by atoms with Gasteiger partial charge >= 0.3 is 0 Å². The molecule has 0 aliphatic heterocycles. The molecule has 0 heterocycles. The zero-order valence-electron chi connectivity index (χ0n) is 9.65. The molecule has 2 rings (SSSR count). The second-order valence-corrected chi connectivity index (χ2v) is 4.82. The first-order chi connectivity index (χ1) is 8.25. The molecule has 0 radical (unpaired) electrons. The maximum absolute atomic E-state index is 3.43. The van der Waals surface area contributed by atoms with E-state index in [1.807, 2.05) is 30.3 Å². The van der Waals surface area contributed by atoms with Crippen LogP contribution >= 0.6 is 15.9 Å². The largest absolute Gasteiger partial charge is 0.0900 e. The van der Waals surface area contributed by atoms with Crippen molar-refractivity contribution >= 4 is 15.9 Å². The molecule has 2 aromatic rings. The van der Waals surface area contributed by atoms with Crippen LogP contribution in [0.5, 0.6) is 0 Å². The molecule has 0 saturated heterocycles. The average Bonchev–Trinajstić information content (AvgIpc) is 2.38. The normalized spacial score (nSPS) is 11.4. The van der Waals surface area contributed by atoms with Crippen LogP contribution in [-0.4, -0.2) is 0 Å². The van der Waals surface area contributed by atoms with E-state index in [0.717, 1.165) is 10.0 Å². The molecule has 1 heteroatoms. The molecule has 0 aliphatic carbocycles. The molecule has 0 N–H and O–H groups in total.